The lowest BCUT2D eigenvalue weighted by Crippen LogP contribution is -2.29. The number of likely N-dealkylation sites (tertiary alicyclic amines) is 1. The molecule has 0 saturated carbocycles. The minimum atomic E-state index is -1.01. The van der Waals surface area contributed by atoms with Crippen LogP contribution in [0.2, 0.25) is 0 Å². The van der Waals surface area contributed by atoms with Crippen molar-refractivity contribution in [2.75, 3.05) is 19.8 Å². The molecule has 1 aromatic rings. The molecule has 0 radical (unpaired) electrons. The minimum absolute atomic E-state index is 0.0513. The zero-order valence-electron chi connectivity index (χ0n) is 16.0. The van der Waals surface area contributed by atoms with E-state index in [2.05, 4.69) is 0 Å². The van der Waals surface area contributed by atoms with E-state index in [9.17, 15) is 14.4 Å². The monoisotopic (exact) mass is 385 g/mol. The Bertz CT molecular complexity index is 724. The van der Waals surface area contributed by atoms with Crippen LogP contribution in [0.3, 0.4) is 0 Å². The average Bonchev–Trinajstić information content (AvgIpc) is 2.85. The fraction of sp³-hybridized carbons (Fsp3) is 0.409. The number of amides is 1. The Morgan fingerprint density at radius 3 is 2.61 bits per heavy atom. The Morgan fingerprint density at radius 1 is 1.11 bits per heavy atom. The summed E-state index contributed by atoms with van der Waals surface area (Å²) < 4.78 is 4.95. The Balaban J connectivity index is 1.92. The van der Waals surface area contributed by atoms with Crippen LogP contribution in [0.5, 0.6) is 0 Å². The van der Waals surface area contributed by atoms with Crippen molar-refractivity contribution in [1.29, 1.82) is 0 Å². The first-order chi connectivity index (χ1) is 13.6. The largest absolute Gasteiger partial charge is 0.480 e. The maximum atomic E-state index is 12.4. The Kier molecular flexibility index (Phi) is 9.15. The summed E-state index contributed by atoms with van der Waals surface area (Å²) in [6, 6.07) is 9.62. The van der Waals surface area contributed by atoms with Crippen LogP contribution in [0.15, 0.2) is 54.3 Å². The summed E-state index contributed by atoms with van der Waals surface area (Å²) in [5, 5.41) is 8.53. The van der Waals surface area contributed by atoms with Gasteiger partial charge in [-0.15, -0.1) is 0 Å². The predicted molar refractivity (Wildman–Crippen MR) is 106 cm³/mol. The normalized spacial score (nSPS) is 16.5. The summed E-state index contributed by atoms with van der Waals surface area (Å²) in [5.41, 5.74) is 1.88. The van der Waals surface area contributed by atoms with E-state index >= 15 is 0 Å². The van der Waals surface area contributed by atoms with Gasteiger partial charge in [-0.3, -0.25) is 9.59 Å². The van der Waals surface area contributed by atoms with E-state index < -0.39 is 5.97 Å². The fourth-order valence-corrected chi connectivity index (χ4v) is 3.03. The lowest BCUT2D eigenvalue weighted by Gasteiger charge is -2.22. The molecule has 1 aliphatic rings. The molecule has 1 saturated heterocycles. The van der Waals surface area contributed by atoms with Crippen molar-refractivity contribution in [3.05, 3.63) is 59.8 Å². The molecule has 6 nitrogen and oxygen atoms in total. The van der Waals surface area contributed by atoms with Crippen molar-refractivity contribution in [2.45, 2.75) is 38.5 Å². The lowest BCUT2D eigenvalue weighted by atomic mass is 10.1. The number of aliphatic carboxylic acids is 1. The third kappa shape index (κ3) is 7.88. The Hall–Kier alpha value is -2.73. The van der Waals surface area contributed by atoms with Gasteiger partial charge in [0.05, 0.1) is 6.61 Å². The van der Waals surface area contributed by atoms with Crippen LogP contribution in [-0.4, -0.2) is 47.4 Å². The van der Waals surface area contributed by atoms with Crippen LogP contribution in [-0.2, 0) is 25.5 Å². The third-order valence-corrected chi connectivity index (χ3v) is 4.43. The molecule has 1 heterocycles. The second-order valence-electron chi connectivity index (χ2n) is 6.69. The molecule has 1 amide bonds. The van der Waals surface area contributed by atoms with Gasteiger partial charge in [-0.1, -0.05) is 48.6 Å². The van der Waals surface area contributed by atoms with Gasteiger partial charge < -0.3 is 14.7 Å². The summed E-state index contributed by atoms with van der Waals surface area (Å²) in [4.78, 5) is 36.8. The van der Waals surface area contributed by atoms with E-state index in [1.54, 1.807) is 17.1 Å². The summed E-state index contributed by atoms with van der Waals surface area (Å²) >= 11 is 0. The predicted octanol–water partition coefficient (Wildman–Crippen LogP) is 3.13. The van der Waals surface area contributed by atoms with Crippen molar-refractivity contribution in [3.63, 3.8) is 0 Å². The molecule has 150 valence electrons. The maximum absolute atomic E-state index is 12.4. The third-order valence-electron chi connectivity index (χ3n) is 4.43. The van der Waals surface area contributed by atoms with E-state index in [1.165, 1.54) is 0 Å². The van der Waals surface area contributed by atoms with Crippen molar-refractivity contribution < 1.29 is 24.2 Å². The van der Waals surface area contributed by atoms with E-state index in [4.69, 9.17) is 9.84 Å². The van der Waals surface area contributed by atoms with Gasteiger partial charge in [0.15, 0.2) is 0 Å². The van der Waals surface area contributed by atoms with Crippen LogP contribution in [0.4, 0.5) is 0 Å². The highest BCUT2D eigenvalue weighted by atomic mass is 16.5. The number of carboxylic acid groups (broad SMARTS) is 1. The first kappa shape index (κ1) is 21.6. The summed E-state index contributed by atoms with van der Waals surface area (Å²) in [5.74, 6) is -0.843. The Morgan fingerprint density at radius 2 is 1.86 bits per heavy atom. The number of carbonyl (C=O) groups excluding carboxylic acids is 2. The Labute approximate surface area is 165 Å². The topological polar surface area (TPSA) is 83.9 Å². The van der Waals surface area contributed by atoms with Gasteiger partial charge in [0, 0.05) is 31.5 Å². The summed E-state index contributed by atoms with van der Waals surface area (Å²) in [6.45, 7) is 0.235. The number of Topliss-reactive ketones (excluding diaryl/α,β-unsaturated/α-hetero) is 1. The van der Waals surface area contributed by atoms with Crippen molar-refractivity contribution >= 4 is 17.7 Å². The molecule has 6 heteroatoms. The number of allylic oxidation sites excluding steroid dienone is 2. The number of rotatable bonds is 10. The van der Waals surface area contributed by atoms with Crippen molar-refractivity contribution in [1.82, 2.24) is 4.90 Å². The van der Waals surface area contributed by atoms with Crippen LogP contribution >= 0.6 is 0 Å². The zero-order valence-corrected chi connectivity index (χ0v) is 16.0. The molecule has 0 aromatic heterocycles. The second-order valence-corrected chi connectivity index (χ2v) is 6.69. The van der Waals surface area contributed by atoms with Gasteiger partial charge in [-0.05, 0) is 24.8 Å². The van der Waals surface area contributed by atoms with E-state index in [0.717, 1.165) is 30.5 Å². The van der Waals surface area contributed by atoms with Gasteiger partial charge in [0.2, 0.25) is 5.91 Å². The molecule has 1 N–H and O–H groups in total. The number of nitrogens with zero attached hydrogens (tertiary/aromatic N) is 1. The second kappa shape index (κ2) is 11.9. The fourth-order valence-electron chi connectivity index (χ4n) is 3.03. The minimum Gasteiger partial charge on any atom is -0.480 e. The van der Waals surface area contributed by atoms with E-state index in [1.807, 2.05) is 36.4 Å². The number of ketones is 1. The number of hydrogen-bond donors (Lipinski definition) is 1. The van der Waals surface area contributed by atoms with Crippen LogP contribution < -0.4 is 0 Å². The molecule has 0 bridgehead atoms. The molecular formula is C22H27NO5. The SMILES string of the molecule is O=C(O)COCC=CCN1C(=O)CCCCC1=CCC(=O)Cc1ccccc1. The first-order valence-electron chi connectivity index (χ1n) is 9.56. The van der Waals surface area contributed by atoms with Gasteiger partial charge in [-0.2, -0.15) is 0 Å². The van der Waals surface area contributed by atoms with Crippen LogP contribution in [0.1, 0.15) is 37.7 Å². The van der Waals surface area contributed by atoms with Crippen molar-refractivity contribution in [3.8, 4) is 0 Å². The van der Waals surface area contributed by atoms with E-state index in [0.29, 0.717) is 25.8 Å². The molecule has 0 atom stereocenters. The smallest absolute Gasteiger partial charge is 0.329 e. The number of carbonyl (C=O) groups is 3. The number of carboxylic acids is 1. The molecule has 1 aromatic carbocycles. The summed E-state index contributed by atoms with van der Waals surface area (Å²) in [6.07, 6.45) is 9.11. The lowest BCUT2D eigenvalue weighted by molar-refractivity contribution is -0.141. The molecule has 28 heavy (non-hydrogen) atoms. The first-order valence-corrected chi connectivity index (χ1v) is 9.56. The molecule has 0 spiro atoms. The number of ether oxygens (including phenoxy) is 1. The molecule has 1 fully saturated rings. The van der Waals surface area contributed by atoms with Gasteiger partial charge in [0.1, 0.15) is 12.4 Å². The average molecular weight is 385 g/mol. The molecule has 1 aliphatic heterocycles. The highest BCUT2D eigenvalue weighted by Gasteiger charge is 2.20. The quantitative estimate of drug-likeness (QED) is 0.494. The maximum Gasteiger partial charge on any atom is 0.329 e. The van der Waals surface area contributed by atoms with Gasteiger partial charge in [0.25, 0.3) is 0 Å². The van der Waals surface area contributed by atoms with E-state index in [-0.39, 0.29) is 24.9 Å². The van der Waals surface area contributed by atoms with Crippen LogP contribution in [0, 0.1) is 0 Å². The van der Waals surface area contributed by atoms with Gasteiger partial charge >= 0.3 is 5.97 Å². The highest BCUT2D eigenvalue weighted by molar-refractivity contribution is 5.83. The van der Waals surface area contributed by atoms with Crippen LogP contribution in [0.25, 0.3) is 0 Å². The molecule has 0 unspecified atom stereocenters. The molecule has 0 aliphatic carbocycles. The number of benzene rings is 1. The van der Waals surface area contributed by atoms with Crippen molar-refractivity contribution in [2.24, 2.45) is 0 Å². The molecular weight excluding hydrogens is 358 g/mol. The standard InChI is InChI=1S/C22H27NO5/c24-20(16-18-8-2-1-3-9-18)13-12-19-10-4-5-11-21(25)23(19)14-6-7-15-28-17-22(26)27/h1-3,6-9,12H,4-5,10-11,13-17H2,(H,26,27). The molecule has 2 rings (SSSR count). The van der Waals surface area contributed by atoms with Gasteiger partial charge in [-0.25, -0.2) is 4.79 Å². The highest BCUT2D eigenvalue weighted by Crippen LogP contribution is 2.21. The number of hydrogen-bond acceptors (Lipinski definition) is 4. The zero-order chi connectivity index (χ0) is 20.2. The summed E-state index contributed by atoms with van der Waals surface area (Å²) in [7, 11) is 0.